The number of hydrogen-bond donors (Lipinski definition) is 1. The number of carbonyl (C=O) groups is 2. The lowest BCUT2D eigenvalue weighted by molar-refractivity contribution is -0.121. The van der Waals surface area contributed by atoms with Gasteiger partial charge in [-0.2, -0.15) is 0 Å². The van der Waals surface area contributed by atoms with Crippen molar-refractivity contribution in [2.24, 2.45) is 0 Å². The second kappa shape index (κ2) is 9.98. The van der Waals surface area contributed by atoms with Gasteiger partial charge in [0.25, 0.3) is 0 Å². The third-order valence-corrected chi connectivity index (χ3v) is 6.23. The number of hydrogen-bond acceptors (Lipinski definition) is 6. The molecule has 0 aromatic carbocycles. The maximum absolute atomic E-state index is 12.3. The number of pyridine rings is 1. The predicted octanol–water partition coefficient (Wildman–Crippen LogP) is 3.18. The molecule has 1 amide bonds. The number of ketones is 1. The quantitative estimate of drug-likeness (QED) is 0.705. The van der Waals surface area contributed by atoms with Gasteiger partial charge in [-0.3, -0.25) is 9.59 Å². The molecule has 29 heavy (non-hydrogen) atoms. The molecule has 1 N–H and O–H groups in total. The summed E-state index contributed by atoms with van der Waals surface area (Å²) in [6, 6.07) is 5.95. The van der Waals surface area contributed by atoms with Gasteiger partial charge >= 0.3 is 0 Å². The predicted molar refractivity (Wildman–Crippen MR) is 118 cm³/mol. The molecule has 1 aliphatic rings. The summed E-state index contributed by atoms with van der Waals surface area (Å²) in [6.45, 7) is 8.54. The minimum atomic E-state index is -0.109. The molecule has 2 aromatic heterocycles. The number of anilines is 1. The standard InChI is InChI=1S/C22H30N4O2S/c1-16-13-19(17(2)29-16)20(27)6-8-22(28)24-15-18-5-7-21(23-14-18)26-10-4-9-25(3)11-12-26/h5,7,13-14H,4,6,8-12,15H2,1-3H3,(H,24,28). The average Bonchev–Trinajstić information content (AvgIpc) is 2.90. The average molecular weight is 415 g/mol. The molecule has 1 saturated heterocycles. The van der Waals surface area contributed by atoms with Gasteiger partial charge in [-0.1, -0.05) is 6.07 Å². The summed E-state index contributed by atoms with van der Waals surface area (Å²) in [5.74, 6) is 0.918. The van der Waals surface area contributed by atoms with Crippen LogP contribution in [0.5, 0.6) is 0 Å². The van der Waals surface area contributed by atoms with Crippen LogP contribution in [0, 0.1) is 13.8 Å². The smallest absolute Gasteiger partial charge is 0.220 e. The van der Waals surface area contributed by atoms with E-state index in [1.54, 1.807) is 11.3 Å². The van der Waals surface area contributed by atoms with Gasteiger partial charge in [-0.15, -0.1) is 11.3 Å². The van der Waals surface area contributed by atoms with Gasteiger partial charge < -0.3 is 15.1 Å². The van der Waals surface area contributed by atoms with Crippen LogP contribution in [0.4, 0.5) is 5.82 Å². The number of aromatic nitrogens is 1. The van der Waals surface area contributed by atoms with Crippen LogP contribution < -0.4 is 10.2 Å². The Bertz CT molecular complexity index is 847. The van der Waals surface area contributed by atoms with Gasteiger partial charge in [0, 0.05) is 60.5 Å². The van der Waals surface area contributed by atoms with E-state index in [1.807, 2.05) is 38.2 Å². The minimum absolute atomic E-state index is 0.0381. The number of rotatable bonds is 7. The molecule has 0 spiro atoms. The highest BCUT2D eigenvalue weighted by Gasteiger charge is 2.15. The van der Waals surface area contributed by atoms with Crippen molar-refractivity contribution in [3.05, 3.63) is 45.3 Å². The van der Waals surface area contributed by atoms with Crippen LogP contribution in [-0.4, -0.2) is 54.8 Å². The molecule has 0 saturated carbocycles. The zero-order valence-electron chi connectivity index (χ0n) is 17.5. The van der Waals surface area contributed by atoms with Crippen molar-refractivity contribution in [2.75, 3.05) is 38.1 Å². The Morgan fingerprint density at radius 1 is 1.14 bits per heavy atom. The molecule has 2 aromatic rings. The number of nitrogens with zero attached hydrogens (tertiary/aromatic N) is 3. The molecule has 6 nitrogen and oxygen atoms in total. The van der Waals surface area contributed by atoms with E-state index in [4.69, 9.17) is 0 Å². The fraction of sp³-hybridized carbons (Fsp3) is 0.500. The number of carbonyl (C=O) groups excluding carboxylic acids is 2. The third kappa shape index (κ3) is 6.11. The van der Waals surface area contributed by atoms with Crippen LogP contribution in [0.25, 0.3) is 0 Å². The van der Waals surface area contributed by atoms with Gasteiger partial charge in [0.05, 0.1) is 0 Å². The zero-order chi connectivity index (χ0) is 20.8. The molecule has 0 bridgehead atoms. The highest BCUT2D eigenvalue weighted by atomic mass is 32.1. The van der Waals surface area contributed by atoms with Gasteiger partial charge in [0.2, 0.25) is 5.91 Å². The zero-order valence-corrected chi connectivity index (χ0v) is 18.3. The number of nitrogens with one attached hydrogen (secondary N) is 1. The summed E-state index contributed by atoms with van der Waals surface area (Å²) < 4.78 is 0. The van der Waals surface area contributed by atoms with Crippen molar-refractivity contribution in [3.63, 3.8) is 0 Å². The Morgan fingerprint density at radius 3 is 2.66 bits per heavy atom. The van der Waals surface area contributed by atoms with Crippen molar-refractivity contribution in [3.8, 4) is 0 Å². The fourth-order valence-electron chi connectivity index (χ4n) is 3.54. The molecular weight excluding hydrogens is 384 g/mol. The Hall–Kier alpha value is -2.25. The molecule has 0 atom stereocenters. The molecule has 156 valence electrons. The summed E-state index contributed by atoms with van der Waals surface area (Å²) in [5.41, 5.74) is 1.71. The molecule has 0 radical (unpaired) electrons. The summed E-state index contributed by atoms with van der Waals surface area (Å²) >= 11 is 1.62. The summed E-state index contributed by atoms with van der Waals surface area (Å²) in [4.78, 5) is 35.8. The SMILES string of the molecule is Cc1cc(C(=O)CCC(=O)NCc2ccc(N3CCCN(C)CC3)nc2)c(C)s1. The molecule has 7 heteroatoms. The first-order chi connectivity index (χ1) is 13.9. The maximum Gasteiger partial charge on any atom is 0.220 e. The van der Waals surface area contributed by atoms with Crippen LogP contribution in [0.1, 0.15) is 44.9 Å². The number of likely N-dealkylation sites (N-methyl/N-ethyl adjacent to an activating group) is 1. The first kappa shape index (κ1) is 21.5. The van der Waals surface area contributed by atoms with E-state index in [9.17, 15) is 9.59 Å². The van der Waals surface area contributed by atoms with Crippen molar-refractivity contribution in [1.82, 2.24) is 15.2 Å². The third-order valence-electron chi connectivity index (χ3n) is 5.26. The molecule has 1 aliphatic heterocycles. The first-order valence-corrected chi connectivity index (χ1v) is 11.0. The van der Waals surface area contributed by atoms with E-state index in [0.717, 1.165) is 59.3 Å². The number of Topliss-reactive ketones (excluding diaryl/α,β-unsaturated/α-hetero) is 1. The number of aryl methyl sites for hydroxylation is 2. The molecule has 3 rings (SSSR count). The van der Waals surface area contributed by atoms with Gasteiger partial charge in [-0.05, 0) is 51.6 Å². The normalized spacial score (nSPS) is 15.2. The Morgan fingerprint density at radius 2 is 1.97 bits per heavy atom. The Kier molecular flexibility index (Phi) is 7.39. The van der Waals surface area contributed by atoms with E-state index >= 15 is 0 Å². The Balaban J connectivity index is 1.44. The second-order valence-corrected chi connectivity index (χ2v) is 9.16. The van der Waals surface area contributed by atoms with Crippen LogP contribution in [-0.2, 0) is 11.3 Å². The van der Waals surface area contributed by atoms with Crippen molar-refractivity contribution >= 4 is 28.8 Å². The molecule has 0 unspecified atom stereocenters. The molecular formula is C22H30N4O2S. The summed E-state index contributed by atoms with van der Waals surface area (Å²) in [6.07, 6.45) is 3.41. The lowest BCUT2D eigenvalue weighted by atomic mass is 10.1. The van der Waals surface area contributed by atoms with Crippen LogP contribution in [0.3, 0.4) is 0 Å². The van der Waals surface area contributed by atoms with Crippen LogP contribution >= 0.6 is 11.3 Å². The fourth-order valence-corrected chi connectivity index (χ4v) is 4.48. The lowest BCUT2D eigenvalue weighted by Gasteiger charge is -2.21. The van der Waals surface area contributed by atoms with E-state index in [-0.39, 0.29) is 24.5 Å². The number of thiophene rings is 1. The van der Waals surface area contributed by atoms with Crippen molar-refractivity contribution in [2.45, 2.75) is 39.7 Å². The van der Waals surface area contributed by atoms with Gasteiger partial charge in [0.15, 0.2) is 5.78 Å². The molecule has 1 fully saturated rings. The van der Waals surface area contributed by atoms with Gasteiger partial charge in [0.1, 0.15) is 5.82 Å². The van der Waals surface area contributed by atoms with Gasteiger partial charge in [-0.25, -0.2) is 4.98 Å². The summed E-state index contributed by atoms with van der Waals surface area (Å²) in [5, 5.41) is 2.89. The van der Waals surface area contributed by atoms with E-state index in [0.29, 0.717) is 6.54 Å². The van der Waals surface area contributed by atoms with E-state index in [2.05, 4.69) is 27.1 Å². The first-order valence-electron chi connectivity index (χ1n) is 10.2. The minimum Gasteiger partial charge on any atom is -0.355 e. The van der Waals surface area contributed by atoms with Crippen molar-refractivity contribution in [1.29, 1.82) is 0 Å². The highest BCUT2D eigenvalue weighted by molar-refractivity contribution is 7.12. The van der Waals surface area contributed by atoms with E-state index in [1.165, 1.54) is 0 Å². The highest BCUT2D eigenvalue weighted by Crippen LogP contribution is 2.22. The largest absolute Gasteiger partial charge is 0.355 e. The van der Waals surface area contributed by atoms with Crippen LogP contribution in [0.15, 0.2) is 24.4 Å². The van der Waals surface area contributed by atoms with Crippen LogP contribution in [0.2, 0.25) is 0 Å². The number of amides is 1. The molecule has 0 aliphatic carbocycles. The molecule has 3 heterocycles. The maximum atomic E-state index is 12.3. The lowest BCUT2D eigenvalue weighted by Crippen LogP contribution is -2.29. The second-order valence-electron chi connectivity index (χ2n) is 7.70. The topological polar surface area (TPSA) is 65.5 Å². The van der Waals surface area contributed by atoms with E-state index < -0.39 is 0 Å². The monoisotopic (exact) mass is 414 g/mol. The van der Waals surface area contributed by atoms with Crippen molar-refractivity contribution < 1.29 is 9.59 Å². The Labute approximate surface area is 176 Å². The summed E-state index contributed by atoms with van der Waals surface area (Å²) in [7, 11) is 2.15.